The maximum Gasteiger partial charge on any atom is 0.121 e. The van der Waals surface area contributed by atoms with Crippen LogP contribution in [0.2, 0.25) is 0 Å². The molecule has 1 aromatic heterocycles. The van der Waals surface area contributed by atoms with Crippen molar-refractivity contribution in [2.75, 3.05) is 6.54 Å². The number of aryl methyl sites for hydroxylation is 1. The number of nitrogens with one attached hydrogen (secondary N) is 1. The lowest BCUT2D eigenvalue weighted by Gasteiger charge is -2.21. The molecule has 2 atom stereocenters. The van der Waals surface area contributed by atoms with Crippen LogP contribution in [0.3, 0.4) is 0 Å². The van der Waals surface area contributed by atoms with Crippen molar-refractivity contribution in [1.29, 1.82) is 0 Å². The Kier molecular flexibility index (Phi) is 4.89. The number of furan rings is 1. The Balaban J connectivity index is 2.78. The Hall–Kier alpha value is -0.760. The molecule has 0 aliphatic rings. The van der Waals surface area contributed by atoms with E-state index in [-0.39, 0.29) is 0 Å². The average molecular weight is 209 g/mol. The lowest BCUT2D eigenvalue weighted by molar-refractivity contribution is 0.316. The lowest BCUT2D eigenvalue weighted by atomic mass is 9.97. The quantitative estimate of drug-likeness (QED) is 0.775. The minimum Gasteiger partial charge on any atom is -0.464 e. The highest BCUT2D eigenvalue weighted by atomic mass is 16.3. The second kappa shape index (κ2) is 5.96. The molecule has 0 aromatic carbocycles. The van der Waals surface area contributed by atoms with Crippen LogP contribution in [0.25, 0.3) is 0 Å². The fraction of sp³-hybridized carbons (Fsp3) is 0.692. The molecule has 15 heavy (non-hydrogen) atoms. The topological polar surface area (TPSA) is 25.2 Å². The van der Waals surface area contributed by atoms with Crippen LogP contribution in [0.4, 0.5) is 0 Å². The molecule has 1 heterocycles. The molecule has 0 fully saturated rings. The molecular weight excluding hydrogens is 186 g/mol. The summed E-state index contributed by atoms with van der Waals surface area (Å²) in [5.41, 5.74) is 0. The van der Waals surface area contributed by atoms with Gasteiger partial charge in [0.05, 0.1) is 6.04 Å². The van der Waals surface area contributed by atoms with E-state index in [0.29, 0.717) is 12.0 Å². The third-order valence-electron chi connectivity index (χ3n) is 2.97. The summed E-state index contributed by atoms with van der Waals surface area (Å²) in [7, 11) is 0. The van der Waals surface area contributed by atoms with Crippen molar-refractivity contribution in [2.45, 2.75) is 46.6 Å². The smallest absolute Gasteiger partial charge is 0.121 e. The summed E-state index contributed by atoms with van der Waals surface area (Å²) in [5.74, 6) is 2.78. The summed E-state index contributed by atoms with van der Waals surface area (Å²) in [6, 6.07) is 4.56. The predicted molar refractivity (Wildman–Crippen MR) is 64.0 cm³/mol. The minimum absolute atomic E-state index is 0.361. The highest BCUT2D eigenvalue weighted by molar-refractivity contribution is 5.11. The predicted octanol–water partition coefficient (Wildman–Crippen LogP) is 3.54. The van der Waals surface area contributed by atoms with Gasteiger partial charge in [0.25, 0.3) is 0 Å². The van der Waals surface area contributed by atoms with Gasteiger partial charge < -0.3 is 9.73 Å². The van der Waals surface area contributed by atoms with Gasteiger partial charge in [-0.05, 0) is 24.6 Å². The molecule has 0 amide bonds. The molecule has 0 saturated carbocycles. The first-order chi connectivity index (χ1) is 7.22. The van der Waals surface area contributed by atoms with Gasteiger partial charge in [0.15, 0.2) is 0 Å². The SMILES string of the molecule is CCNC(c1ccc(CC)o1)C(C)CC. The largest absolute Gasteiger partial charge is 0.464 e. The molecule has 2 nitrogen and oxygen atoms in total. The molecule has 86 valence electrons. The van der Waals surface area contributed by atoms with Crippen LogP contribution < -0.4 is 5.32 Å². The zero-order valence-electron chi connectivity index (χ0n) is 10.3. The van der Waals surface area contributed by atoms with Gasteiger partial charge in [0.1, 0.15) is 11.5 Å². The summed E-state index contributed by atoms with van der Waals surface area (Å²) in [6.07, 6.45) is 2.14. The first-order valence-corrected chi connectivity index (χ1v) is 6.04. The maximum atomic E-state index is 5.81. The third-order valence-corrected chi connectivity index (χ3v) is 2.97. The number of hydrogen-bond acceptors (Lipinski definition) is 2. The lowest BCUT2D eigenvalue weighted by Crippen LogP contribution is -2.26. The summed E-state index contributed by atoms with van der Waals surface area (Å²) >= 11 is 0. The van der Waals surface area contributed by atoms with E-state index in [0.717, 1.165) is 24.5 Å². The van der Waals surface area contributed by atoms with E-state index < -0.39 is 0 Å². The molecule has 0 saturated heterocycles. The molecule has 2 heteroatoms. The van der Waals surface area contributed by atoms with Gasteiger partial charge >= 0.3 is 0 Å². The Morgan fingerprint density at radius 1 is 1.27 bits per heavy atom. The molecular formula is C13H23NO. The van der Waals surface area contributed by atoms with Crippen molar-refractivity contribution >= 4 is 0 Å². The Labute approximate surface area is 93.1 Å². The van der Waals surface area contributed by atoms with Crippen LogP contribution in [-0.4, -0.2) is 6.54 Å². The van der Waals surface area contributed by atoms with Crippen molar-refractivity contribution < 1.29 is 4.42 Å². The second-order valence-electron chi connectivity index (χ2n) is 4.08. The summed E-state index contributed by atoms with van der Waals surface area (Å²) < 4.78 is 5.81. The van der Waals surface area contributed by atoms with Crippen LogP contribution in [0, 0.1) is 5.92 Å². The van der Waals surface area contributed by atoms with E-state index in [1.54, 1.807) is 0 Å². The van der Waals surface area contributed by atoms with Crippen LogP contribution in [0.15, 0.2) is 16.5 Å². The first-order valence-electron chi connectivity index (χ1n) is 6.04. The maximum absolute atomic E-state index is 5.81. The van der Waals surface area contributed by atoms with Crippen molar-refractivity contribution in [3.8, 4) is 0 Å². The fourth-order valence-corrected chi connectivity index (χ4v) is 1.79. The minimum atomic E-state index is 0.361. The number of hydrogen-bond donors (Lipinski definition) is 1. The van der Waals surface area contributed by atoms with Crippen LogP contribution in [0.1, 0.15) is 51.7 Å². The van der Waals surface area contributed by atoms with E-state index in [2.05, 4.69) is 45.1 Å². The van der Waals surface area contributed by atoms with Gasteiger partial charge in [-0.2, -0.15) is 0 Å². The molecule has 1 N–H and O–H groups in total. The van der Waals surface area contributed by atoms with Gasteiger partial charge in [-0.3, -0.25) is 0 Å². The Morgan fingerprint density at radius 2 is 2.00 bits per heavy atom. The molecule has 0 aliphatic heterocycles. The monoisotopic (exact) mass is 209 g/mol. The molecule has 1 aromatic rings. The van der Waals surface area contributed by atoms with E-state index >= 15 is 0 Å². The van der Waals surface area contributed by atoms with Crippen LogP contribution in [-0.2, 0) is 6.42 Å². The second-order valence-corrected chi connectivity index (χ2v) is 4.08. The van der Waals surface area contributed by atoms with Gasteiger partial charge in [0, 0.05) is 6.42 Å². The molecule has 0 aliphatic carbocycles. The highest BCUT2D eigenvalue weighted by Crippen LogP contribution is 2.26. The van der Waals surface area contributed by atoms with Crippen molar-refractivity contribution in [2.24, 2.45) is 5.92 Å². The van der Waals surface area contributed by atoms with E-state index in [4.69, 9.17) is 4.42 Å². The highest BCUT2D eigenvalue weighted by Gasteiger charge is 2.19. The Bertz CT molecular complexity index is 280. The van der Waals surface area contributed by atoms with Gasteiger partial charge in [-0.15, -0.1) is 0 Å². The van der Waals surface area contributed by atoms with E-state index in [9.17, 15) is 0 Å². The third kappa shape index (κ3) is 3.10. The van der Waals surface area contributed by atoms with E-state index in [1.165, 1.54) is 6.42 Å². The van der Waals surface area contributed by atoms with Crippen molar-refractivity contribution in [3.05, 3.63) is 23.7 Å². The summed E-state index contributed by atoms with van der Waals surface area (Å²) in [4.78, 5) is 0. The van der Waals surface area contributed by atoms with Crippen molar-refractivity contribution in [1.82, 2.24) is 5.32 Å². The van der Waals surface area contributed by atoms with Gasteiger partial charge in [-0.1, -0.05) is 34.1 Å². The normalized spacial score (nSPS) is 15.2. The molecule has 0 bridgehead atoms. The summed E-state index contributed by atoms with van der Waals surface area (Å²) in [6.45, 7) is 9.73. The van der Waals surface area contributed by atoms with Gasteiger partial charge in [-0.25, -0.2) is 0 Å². The summed E-state index contributed by atoms with van der Waals surface area (Å²) in [5, 5.41) is 3.49. The van der Waals surface area contributed by atoms with Gasteiger partial charge in [0.2, 0.25) is 0 Å². The van der Waals surface area contributed by atoms with Crippen LogP contribution in [0.5, 0.6) is 0 Å². The van der Waals surface area contributed by atoms with Crippen molar-refractivity contribution in [3.63, 3.8) is 0 Å². The molecule has 2 unspecified atom stereocenters. The molecule has 1 rings (SSSR count). The fourth-order valence-electron chi connectivity index (χ4n) is 1.79. The average Bonchev–Trinajstić information content (AvgIpc) is 2.73. The molecule has 0 spiro atoms. The molecule has 0 radical (unpaired) electrons. The van der Waals surface area contributed by atoms with Crippen LogP contribution >= 0.6 is 0 Å². The zero-order valence-corrected chi connectivity index (χ0v) is 10.3. The standard InChI is InChI=1S/C13H23NO/c1-5-10(4)13(14-7-3)12-9-8-11(6-2)15-12/h8-10,13-14H,5-7H2,1-4H3. The Morgan fingerprint density at radius 3 is 2.47 bits per heavy atom. The number of rotatable bonds is 6. The van der Waals surface area contributed by atoms with E-state index in [1.807, 2.05) is 0 Å². The zero-order chi connectivity index (χ0) is 11.3. The first kappa shape index (κ1) is 12.3.